The monoisotopic (exact) mass is 284 g/mol. The van der Waals surface area contributed by atoms with Crippen molar-refractivity contribution in [3.8, 4) is 6.07 Å². The van der Waals surface area contributed by atoms with Gasteiger partial charge in [0.1, 0.15) is 10.3 Å². The van der Waals surface area contributed by atoms with Crippen molar-refractivity contribution in [1.82, 2.24) is 4.98 Å². The molecule has 1 saturated carbocycles. The second-order valence-electron chi connectivity index (χ2n) is 4.66. The highest BCUT2D eigenvalue weighted by molar-refractivity contribution is 6.32. The number of pyridine rings is 1. The summed E-state index contributed by atoms with van der Waals surface area (Å²) >= 11 is 11.8. The number of halogens is 2. The maximum atomic E-state index is 9.45. The molecule has 4 nitrogen and oxygen atoms in total. The van der Waals surface area contributed by atoms with Gasteiger partial charge in [-0.1, -0.05) is 23.2 Å². The van der Waals surface area contributed by atoms with Gasteiger partial charge >= 0.3 is 0 Å². The SMILES string of the molecule is N#CC1(c2cc(Cl)nc(Cl)c2)CC2(C1)OCCO2. The highest BCUT2D eigenvalue weighted by Crippen LogP contribution is 2.54. The van der Waals surface area contributed by atoms with Crippen molar-refractivity contribution < 1.29 is 9.47 Å². The van der Waals surface area contributed by atoms with Crippen molar-refractivity contribution in [3.63, 3.8) is 0 Å². The number of rotatable bonds is 1. The zero-order valence-electron chi connectivity index (χ0n) is 9.45. The third kappa shape index (κ3) is 1.79. The minimum Gasteiger partial charge on any atom is -0.347 e. The zero-order chi connectivity index (χ0) is 12.8. The van der Waals surface area contributed by atoms with E-state index in [9.17, 15) is 5.26 Å². The van der Waals surface area contributed by atoms with E-state index in [0.29, 0.717) is 36.4 Å². The van der Waals surface area contributed by atoms with Crippen LogP contribution in [-0.4, -0.2) is 24.0 Å². The van der Waals surface area contributed by atoms with E-state index in [2.05, 4.69) is 11.1 Å². The van der Waals surface area contributed by atoms with Crippen LogP contribution < -0.4 is 0 Å². The second-order valence-corrected chi connectivity index (χ2v) is 5.43. The molecule has 6 heteroatoms. The standard InChI is InChI=1S/C12H10Cl2N2O2/c13-9-3-8(4-10(14)16-9)11(7-15)5-12(6-11)17-1-2-18-12/h3-4H,1-2,5-6H2. The van der Waals surface area contributed by atoms with E-state index in [4.69, 9.17) is 32.7 Å². The average Bonchev–Trinajstić information content (AvgIpc) is 2.73. The lowest BCUT2D eigenvalue weighted by molar-refractivity contribution is -0.229. The van der Waals surface area contributed by atoms with Crippen molar-refractivity contribution in [2.45, 2.75) is 24.0 Å². The minimum absolute atomic E-state index is 0.293. The molecule has 2 aliphatic rings. The van der Waals surface area contributed by atoms with Gasteiger partial charge in [-0.05, 0) is 17.7 Å². The molecule has 0 atom stereocenters. The van der Waals surface area contributed by atoms with E-state index in [1.165, 1.54) is 0 Å². The van der Waals surface area contributed by atoms with Crippen molar-refractivity contribution in [2.24, 2.45) is 0 Å². The summed E-state index contributed by atoms with van der Waals surface area (Å²) in [6.07, 6.45) is 1.01. The smallest absolute Gasteiger partial charge is 0.172 e. The molecule has 1 saturated heterocycles. The van der Waals surface area contributed by atoms with Gasteiger partial charge in [-0.2, -0.15) is 5.26 Å². The fourth-order valence-corrected chi connectivity index (χ4v) is 3.12. The molecule has 2 fully saturated rings. The number of ether oxygens (including phenoxy) is 2. The Balaban J connectivity index is 1.92. The third-order valence-electron chi connectivity index (χ3n) is 3.49. The third-order valence-corrected chi connectivity index (χ3v) is 3.87. The predicted octanol–water partition coefficient (Wildman–Crippen LogP) is 2.69. The molecular formula is C12H10Cl2N2O2. The Morgan fingerprint density at radius 1 is 1.17 bits per heavy atom. The lowest BCUT2D eigenvalue weighted by Gasteiger charge is -2.48. The number of hydrogen-bond acceptors (Lipinski definition) is 4. The molecule has 0 N–H and O–H groups in total. The van der Waals surface area contributed by atoms with Gasteiger partial charge in [0, 0.05) is 12.8 Å². The maximum absolute atomic E-state index is 9.45. The first-order valence-electron chi connectivity index (χ1n) is 5.60. The van der Waals surface area contributed by atoms with Crippen LogP contribution in [0.3, 0.4) is 0 Å². The summed E-state index contributed by atoms with van der Waals surface area (Å²) in [6.45, 7) is 1.17. The fraction of sp³-hybridized carbons (Fsp3) is 0.500. The first-order valence-corrected chi connectivity index (χ1v) is 6.36. The van der Waals surface area contributed by atoms with Gasteiger partial charge in [-0.3, -0.25) is 0 Å². The number of nitrogens with zero attached hydrogens (tertiary/aromatic N) is 2. The van der Waals surface area contributed by atoms with E-state index in [0.717, 1.165) is 5.56 Å². The van der Waals surface area contributed by atoms with Crippen molar-refractivity contribution in [1.29, 1.82) is 5.26 Å². The van der Waals surface area contributed by atoms with E-state index in [1.54, 1.807) is 12.1 Å². The van der Waals surface area contributed by atoms with Gasteiger partial charge in [0.05, 0.1) is 24.7 Å². The Morgan fingerprint density at radius 2 is 1.72 bits per heavy atom. The molecule has 1 aliphatic heterocycles. The molecule has 0 amide bonds. The van der Waals surface area contributed by atoms with Crippen molar-refractivity contribution in [2.75, 3.05) is 13.2 Å². The molecule has 1 spiro atoms. The summed E-state index contributed by atoms with van der Waals surface area (Å²) in [5, 5.41) is 10.0. The van der Waals surface area contributed by atoms with Crippen molar-refractivity contribution in [3.05, 3.63) is 28.0 Å². The van der Waals surface area contributed by atoms with Gasteiger partial charge in [-0.25, -0.2) is 4.98 Å². The summed E-state index contributed by atoms with van der Waals surface area (Å²) in [5.41, 5.74) is 0.139. The maximum Gasteiger partial charge on any atom is 0.172 e. The van der Waals surface area contributed by atoms with Gasteiger partial charge in [-0.15, -0.1) is 0 Å². The Morgan fingerprint density at radius 3 is 2.22 bits per heavy atom. The van der Waals surface area contributed by atoms with E-state index in [-0.39, 0.29) is 0 Å². The average molecular weight is 285 g/mol. The number of hydrogen-bond donors (Lipinski definition) is 0. The van der Waals surface area contributed by atoms with Crippen LogP contribution in [0.2, 0.25) is 10.3 Å². The van der Waals surface area contributed by atoms with Crippen LogP contribution in [-0.2, 0) is 14.9 Å². The predicted molar refractivity (Wildman–Crippen MR) is 65.4 cm³/mol. The summed E-state index contributed by atoms with van der Waals surface area (Å²) in [7, 11) is 0. The molecule has 1 aromatic rings. The Labute approximate surface area is 114 Å². The second kappa shape index (κ2) is 4.07. The lowest BCUT2D eigenvalue weighted by atomic mass is 9.61. The molecule has 94 valence electrons. The van der Waals surface area contributed by atoms with Gasteiger partial charge < -0.3 is 9.47 Å². The number of aromatic nitrogens is 1. The van der Waals surface area contributed by atoms with Crippen molar-refractivity contribution >= 4 is 23.2 Å². The van der Waals surface area contributed by atoms with E-state index < -0.39 is 11.2 Å². The molecule has 2 heterocycles. The van der Waals surface area contributed by atoms with E-state index >= 15 is 0 Å². The van der Waals surface area contributed by atoms with Crippen LogP contribution in [0.25, 0.3) is 0 Å². The Bertz CT molecular complexity index is 507. The van der Waals surface area contributed by atoms with E-state index in [1.807, 2.05) is 0 Å². The van der Waals surface area contributed by atoms with Crippen LogP contribution >= 0.6 is 23.2 Å². The van der Waals surface area contributed by atoms with Crippen LogP contribution in [0.5, 0.6) is 0 Å². The van der Waals surface area contributed by atoms with Gasteiger partial charge in [0.25, 0.3) is 0 Å². The molecule has 3 rings (SSSR count). The van der Waals surface area contributed by atoms with Crippen LogP contribution in [0.4, 0.5) is 0 Å². The normalized spacial score (nSPS) is 23.6. The molecule has 1 aliphatic carbocycles. The Hall–Kier alpha value is -0.860. The summed E-state index contributed by atoms with van der Waals surface area (Å²) in [5.74, 6) is -0.585. The summed E-state index contributed by atoms with van der Waals surface area (Å²) < 4.78 is 11.1. The summed E-state index contributed by atoms with van der Waals surface area (Å²) in [4.78, 5) is 3.89. The topological polar surface area (TPSA) is 55.1 Å². The molecule has 0 radical (unpaired) electrons. The summed E-state index contributed by atoms with van der Waals surface area (Å²) in [6, 6.07) is 5.69. The highest BCUT2D eigenvalue weighted by Gasteiger charge is 2.60. The highest BCUT2D eigenvalue weighted by atomic mass is 35.5. The lowest BCUT2D eigenvalue weighted by Crippen LogP contribution is -2.54. The fourth-order valence-electron chi connectivity index (χ4n) is 2.66. The largest absolute Gasteiger partial charge is 0.347 e. The number of nitriles is 1. The van der Waals surface area contributed by atoms with Crippen LogP contribution in [0, 0.1) is 11.3 Å². The first kappa shape index (κ1) is 12.2. The molecular weight excluding hydrogens is 275 g/mol. The van der Waals surface area contributed by atoms with Crippen LogP contribution in [0.15, 0.2) is 12.1 Å². The quantitative estimate of drug-likeness (QED) is 0.744. The molecule has 1 aromatic heterocycles. The Kier molecular flexibility index (Phi) is 2.76. The molecule has 0 bridgehead atoms. The van der Waals surface area contributed by atoms with Gasteiger partial charge in [0.2, 0.25) is 0 Å². The molecule has 18 heavy (non-hydrogen) atoms. The zero-order valence-corrected chi connectivity index (χ0v) is 11.0. The molecule has 0 aromatic carbocycles. The molecule has 0 unspecified atom stereocenters. The minimum atomic E-state index is -0.638. The first-order chi connectivity index (χ1) is 8.57. The van der Waals surface area contributed by atoms with Crippen LogP contribution in [0.1, 0.15) is 18.4 Å². The van der Waals surface area contributed by atoms with Gasteiger partial charge in [0.15, 0.2) is 5.79 Å².